The van der Waals surface area contributed by atoms with Gasteiger partial charge in [0, 0.05) is 5.54 Å². The van der Waals surface area contributed by atoms with Crippen molar-refractivity contribution in [1.29, 1.82) is 0 Å². The molecule has 0 spiro atoms. The molecule has 0 aliphatic carbocycles. The van der Waals surface area contributed by atoms with Crippen molar-refractivity contribution in [2.24, 2.45) is 11.3 Å². The van der Waals surface area contributed by atoms with Gasteiger partial charge in [-0.2, -0.15) is 0 Å². The molecule has 0 aromatic heterocycles. The molecule has 0 bridgehead atoms. The lowest BCUT2D eigenvalue weighted by molar-refractivity contribution is 0.240. The molecule has 1 fully saturated rings. The molecule has 1 atom stereocenters. The summed E-state index contributed by atoms with van der Waals surface area (Å²) in [6, 6.07) is 0. The highest BCUT2D eigenvalue weighted by Gasteiger charge is 2.24. The van der Waals surface area contributed by atoms with E-state index in [0.717, 1.165) is 5.92 Å². The van der Waals surface area contributed by atoms with E-state index >= 15 is 0 Å². The van der Waals surface area contributed by atoms with Crippen molar-refractivity contribution in [2.45, 2.75) is 65.8 Å². The molecule has 1 rings (SSSR count). The smallest absolute Gasteiger partial charge is 0.0130 e. The van der Waals surface area contributed by atoms with Crippen molar-refractivity contribution >= 4 is 0 Å². The Morgan fingerprint density at radius 3 is 2.41 bits per heavy atom. The molecule has 0 saturated carbocycles. The van der Waals surface area contributed by atoms with Gasteiger partial charge >= 0.3 is 0 Å². The average molecular weight is 240 g/mol. The second-order valence-electron chi connectivity index (χ2n) is 7.55. The molecule has 1 saturated heterocycles. The van der Waals surface area contributed by atoms with E-state index in [1.54, 1.807) is 0 Å². The summed E-state index contributed by atoms with van der Waals surface area (Å²) in [6.45, 7) is 15.3. The average Bonchev–Trinajstić information content (AvgIpc) is 2.60. The highest BCUT2D eigenvalue weighted by Crippen LogP contribution is 2.26. The predicted molar refractivity (Wildman–Crippen MR) is 76.4 cm³/mol. The lowest BCUT2D eigenvalue weighted by Gasteiger charge is -2.33. The molecule has 2 heteroatoms. The summed E-state index contributed by atoms with van der Waals surface area (Å²) in [5.74, 6) is 0.933. The Kier molecular flexibility index (Phi) is 5.46. The molecular weight excluding hydrogens is 208 g/mol. The van der Waals surface area contributed by atoms with Crippen LogP contribution in [0.15, 0.2) is 0 Å². The van der Waals surface area contributed by atoms with Gasteiger partial charge in [0.2, 0.25) is 0 Å². The molecule has 102 valence electrons. The van der Waals surface area contributed by atoms with Gasteiger partial charge in [0.1, 0.15) is 0 Å². The Balaban J connectivity index is 2.11. The zero-order valence-corrected chi connectivity index (χ0v) is 12.5. The monoisotopic (exact) mass is 240 g/mol. The van der Waals surface area contributed by atoms with Crippen molar-refractivity contribution in [2.75, 3.05) is 19.6 Å². The van der Waals surface area contributed by atoms with Gasteiger partial charge in [0.25, 0.3) is 0 Å². The molecule has 1 heterocycles. The minimum absolute atomic E-state index is 0.270. The third-order valence-corrected chi connectivity index (χ3v) is 3.53. The molecule has 17 heavy (non-hydrogen) atoms. The fourth-order valence-electron chi connectivity index (χ4n) is 3.17. The third kappa shape index (κ3) is 7.05. The van der Waals surface area contributed by atoms with E-state index in [4.69, 9.17) is 0 Å². The molecule has 0 amide bonds. The van der Waals surface area contributed by atoms with Crippen LogP contribution in [0.2, 0.25) is 0 Å². The molecule has 0 radical (unpaired) electrons. The van der Waals surface area contributed by atoms with Crippen LogP contribution in [-0.4, -0.2) is 25.2 Å². The fraction of sp³-hybridized carbons (Fsp3) is 1.00. The summed E-state index contributed by atoms with van der Waals surface area (Å²) >= 11 is 0. The van der Waals surface area contributed by atoms with Gasteiger partial charge in [0.15, 0.2) is 0 Å². The van der Waals surface area contributed by atoms with E-state index in [1.807, 2.05) is 0 Å². The Bertz CT molecular complexity index is 209. The van der Waals surface area contributed by atoms with Gasteiger partial charge < -0.3 is 10.6 Å². The normalized spacial score (nSPS) is 22.1. The molecule has 1 aliphatic heterocycles. The maximum atomic E-state index is 3.72. The van der Waals surface area contributed by atoms with Gasteiger partial charge in [-0.15, -0.1) is 0 Å². The molecule has 1 unspecified atom stereocenters. The van der Waals surface area contributed by atoms with E-state index in [0.29, 0.717) is 5.41 Å². The summed E-state index contributed by atoms with van der Waals surface area (Å²) in [7, 11) is 0. The van der Waals surface area contributed by atoms with Crippen molar-refractivity contribution < 1.29 is 0 Å². The first-order valence-corrected chi connectivity index (χ1v) is 7.24. The topological polar surface area (TPSA) is 24.1 Å². The molecule has 2 N–H and O–H groups in total. The summed E-state index contributed by atoms with van der Waals surface area (Å²) in [5, 5.41) is 7.16. The van der Waals surface area contributed by atoms with E-state index in [2.05, 4.69) is 45.3 Å². The number of hydrogen-bond donors (Lipinski definition) is 2. The highest BCUT2D eigenvalue weighted by atomic mass is 15.0. The maximum absolute atomic E-state index is 3.72. The van der Waals surface area contributed by atoms with Crippen molar-refractivity contribution in [3.8, 4) is 0 Å². The first-order valence-electron chi connectivity index (χ1n) is 7.24. The van der Waals surface area contributed by atoms with Crippen LogP contribution >= 0.6 is 0 Å². The Morgan fingerprint density at radius 2 is 1.88 bits per heavy atom. The van der Waals surface area contributed by atoms with Crippen LogP contribution in [0.3, 0.4) is 0 Å². The van der Waals surface area contributed by atoms with E-state index < -0.39 is 0 Å². The van der Waals surface area contributed by atoms with Gasteiger partial charge in [-0.1, -0.05) is 20.8 Å². The summed E-state index contributed by atoms with van der Waals surface area (Å²) < 4.78 is 0. The van der Waals surface area contributed by atoms with E-state index in [-0.39, 0.29) is 5.54 Å². The third-order valence-electron chi connectivity index (χ3n) is 3.53. The number of nitrogens with one attached hydrogen (secondary N) is 2. The van der Waals surface area contributed by atoms with Gasteiger partial charge in [-0.05, 0) is 70.5 Å². The van der Waals surface area contributed by atoms with Crippen LogP contribution in [0.4, 0.5) is 0 Å². The maximum Gasteiger partial charge on any atom is 0.0130 e. The largest absolute Gasteiger partial charge is 0.316 e. The quantitative estimate of drug-likeness (QED) is 0.697. The number of hydrogen-bond acceptors (Lipinski definition) is 2. The van der Waals surface area contributed by atoms with Crippen LogP contribution in [0.25, 0.3) is 0 Å². The standard InChI is InChI=1S/C15H32N2/c1-14(2,3)12-15(4,5)17-9-6-7-13-8-10-16-11-13/h13,16-17H,6-12H2,1-5H3. The zero-order valence-electron chi connectivity index (χ0n) is 12.5. The molecule has 0 aromatic carbocycles. The molecular formula is C15H32N2. The first-order chi connectivity index (χ1) is 7.79. The summed E-state index contributed by atoms with van der Waals surface area (Å²) in [4.78, 5) is 0. The van der Waals surface area contributed by atoms with Crippen molar-refractivity contribution in [3.05, 3.63) is 0 Å². The Morgan fingerprint density at radius 1 is 1.18 bits per heavy atom. The SMILES string of the molecule is CC(C)(C)CC(C)(C)NCCCC1CCNC1. The lowest BCUT2D eigenvalue weighted by Crippen LogP contribution is -2.42. The Labute approximate surface area is 108 Å². The minimum atomic E-state index is 0.270. The van der Waals surface area contributed by atoms with E-state index in [1.165, 1.54) is 45.3 Å². The van der Waals surface area contributed by atoms with E-state index in [9.17, 15) is 0 Å². The molecule has 1 aliphatic rings. The highest BCUT2D eigenvalue weighted by molar-refractivity contribution is 4.83. The first kappa shape index (κ1) is 15.0. The van der Waals surface area contributed by atoms with Crippen LogP contribution in [0.5, 0.6) is 0 Å². The van der Waals surface area contributed by atoms with Crippen molar-refractivity contribution in [3.63, 3.8) is 0 Å². The molecule has 2 nitrogen and oxygen atoms in total. The van der Waals surface area contributed by atoms with Gasteiger partial charge in [0.05, 0.1) is 0 Å². The molecule has 0 aromatic rings. The summed E-state index contributed by atoms with van der Waals surface area (Å²) in [5.41, 5.74) is 0.679. The second-order valence-corrected chi connectivity index (χ2v) is 7.55. The van der Waals surface area contributed by atoms with Crippen LogP contribution < -0.4 is 10.6 Å². The van der Waals surface area contributed by atoms with Gasteiger partial charge in [-0.3, -0.25) is 0 Å². The van der Waals surface area contributed by atoms with Crippen LogP contribution in [-0.2, 0) is 0 Å². The number of rotatable bonds is 6. The zero-order chi connectivity index (χ0) is 12.9. The minimum Gasteiger partial charge on any atom is -0.316 e. The second kappa shape index (κ2) is 6.19. The fourth-order valence-corrected chi connectivity index (χ4v) is 3.17. The predicted octanol–water partition coefficient (Wildman–Crippen LogP) is 3.18. The van der Waals surface area contributed by atoms with Crippen LogP contribution in [0.1, 0.15) is 60.3 Å². The van der Waals surface area contributed by atoms with Crippen LogP contribution in [0, 0.1) is 11.3 Å². The van der Waals surface area contributed by atoms with Gasteiger partial charge in [-0.25, -0.2) is 0 Å². The summed E-state index contributed by atoms with van der Waals surface area (Å²) in [6.07, 6.45) is 5.31. The van der Waals surface area contributed by atoms with Crippen molar-refractivity contribution in [1.82, 2.24) is 10.6 Å². The lowest BCUT2D eigenvalue weighted by atomic mass is 9.82. The Hall–Kier alpha value is -0.0800.